The summed E-state index contributed by atoms with van der Waals surface area (Å²) in [6.07, 6.45) is 3.24. The Bertz CT molecular complexity index is 1040. The largest absolute Gasteiger partial charge is 0.308 e. The van der Waals surface area contributed by atoms with Gasteiger partial charge in [0.25, 0.3) is 0 Å². The fourth-order valence-electron chi connectivity index (χ4n) is 2.82. The highest BCUT2D eigenvalue weighted by Gasteiger charge is 2.17. The first-order valence-electron chi connectivity index (χ1n) is 7.52. The summed E-state index contributed by atoms with van der Waals surface area (Å²) in [6.45, 7) is 0. The quantitative estimate of drug-likeness (QED) is 0.442. The number of halogens is 2. The third kappa shape index (κ3) is 2.60. The predicted octanol–water partition coefficient (Wildman–Crippen LogP) is 3.65. The van der Waals surface area contributed by atoms with E-state index in [-0.39, 0.29) is 11.6 Å². The maximum atomic E-state index is 13.3. The molecular formula is C18H13F2N5. The summed E-state index contributed by atoms with van der Waals surface area (Å²) in [7, 11) is 0. The molecule has 0 atom stereocenters. The smallest absolute Gasteiger partial charge is 0.153 e. The first-order valence-corrected chi connectivity index (χ1v) is 7.52. The lowest BCUT2D eigenvalue weighted by atomic mass is 10.1. The minimum absolute atomic E-state index is 0.320. The lowest BCUT2D eigenvalue weighted by Crippen LogP contribution is -2.09. The molecule has 3 N–H and O–H groups in total. The van der Waals surface area contributed by atoms with E-state index in [9.17, 15) is 8.78 Å². The number of nitrogens with one attached hydrogen (secondary N) is 1. The molecule has 2 heterocycles. The molecule has 0 aliphatic carbocycles. The number of nitrogens with zero attached hydrogens (tertiary/aromatic N) is 3. The maximum Gasteiger partial charge on any atom is 0.153 e. The molecule has 2 aromatic heterocycles. The number of hydrogen-bond acceptors (Lipinski definition) is 4. The molecule has 5 nitrogen and oxygen atoms in total. The standard InChI is InChI=1S/C18H13F2N5/c19-12-3-1-11(2-4-12)15-9-25(14-7-5-13(20)6-8-14)18-16(15)17(24-21)22-10-23-18/h1-10H,21H2,(H,22,23,24). The zero-order chi connectivity index (χ0) is 17.4. The van der Waals surface area contributed by atoms with Gasteiger partial charge in [0.2, 0.25) is 0 Å². The molecule has 0 saturated heterocycles. The molecule has 0 bridgehead atoms. The Labute approximate surface area is 141 Å². The van der Waals surface area contributed by atoms with Crippen molar-refractivity contribution >= 4 is 16.9 Å². The van der Waals surface area contributed by atoms with Crippen LogP contribution >= 0.6 is 0 Å². The molecule has 0 aliphatic rings. The van der Waals surface area contributed by atoms with Gasteiger partial charge in [0.15, 0.2) is 11.5 Å². The molecule has 0 saturated carbocycles. The van der Waals surface area contributed by atoms with Crippen LogP contribution in [0.2, 0.25) is 0 Å². The number of fused-ring (bicyclic) bond motifs is 1. The van der Waals surface area contributed by atoms with Gasteiger partial charge in [0, 0.05) is 17.4 Å². The Morgan fingerprint density at radius 3 is 2.16 bits per heavy atom. The van der Waals surface area contributed by atoms with Crippen LogP contribution in [0.5, 0.6) is 0 Å². The van der Waals surface area contributed by atoms with Gasteiger partial charge in [-0.15, -0.1) is 0 Å². The van der Waals surface area contributed by atoms with Crippen molar-refractivity contribution in [1.29, 1.82) is 0 Å². The predicted molar refractivity (Wildman–Crippen MR) is 92.0 cm³/mol. The third-order valence-corrected chi connectivity index (χ3v) is 3.98. The second-order valence-corrected chi connectivity index (χ2v) is 5.46. The molecule has 124 valence electrons. The zero-order valence-corrected chi connectivity index (χ0v) is 12.9. The van der Waals surface area contributed by atoms with Crippen LogP contribution in [0.1, 0.15) is 0 Å². The van der Waals surface area contributed by atoms with Crippen LogP contribution < -0.4 is 11.3 Å². The van der Waals surface area contributed by atoms with Crippen molar-refractivity contribution in [3.8, 4) is 16.8 Å². The van der Waals surface area contributed by atoms with Crippen LogP contribution in [0.15, 0.2) is 61.1 Å². The van der Waals surface area contributed by atoms with Crippen molar-refractivity contribution in [1.82, 2.24) is 14.5 Å². The number of nitrogen functional groups attached to an aromatic ring is 1. The summed E-state index contributed by atoms with van der Waals surface area (Å²) in [5.41, 5.74) is 5.49. The van der Waals surface area contributed by atoms with Gasteiger partial charge in [-0.2, -0.15) is 0 Å². The van der Waals surface area contributed by atoms with Crippen LogP contribution in [0.3, 0.4) is 0 Å². The van der Waals surface area contributed by atoms with Gasteiger partial charge in [0.05, 0.1) is 5.39 Å². The van der Waals surface area contributed by atoms with Crippen molar-refractivity contribution < 1.29 is 8.78 Å². The van der Waals surface area contributed by atoms with Gasteiger partial charge < -0.3 is 9.99 Å². The first kappa shape index (κ1) is 15.2. The number of rotatable bonds is 3. The first-order chi connectivity index (χ1) is 12.2. The highest BCUT2D eigenvalue weighted by molar-refractivity contribution is 6.01. The molecular weight excluding hydrogens is 324 g/mol. The monoisotopic (exact) mass is 337 g/mol. The van der Waals surface area contributed by atoms with E-state index in [1.165, 1.54) is 30.6 Å². The molecule has 25 heavy (non-hydrogen) atoms. The third-order valence-electron chi connectivity index (χ3n) is 3.98. The summed E-state index contributed by atoms with van der Waals surface area (Å²) in [5, 5.41) is 0.695. The van der Waals surface area contributed by atoms with E-state index in [0.717, 1.165) is 16.8 Å². The van der Waals surface area contributed by atoms with Crippen molar-refractivity contribution in [2.24, 2.45) is 5.84 Å². The minimum Gasteiger partial charge on any atom is -0.308 e. The average Bonchev–Trinajstić information content (AvgIpc) is 3.03. The molecule has 4 aromatic rings. The molecule has 0 spiro atoms. The Hall–Kier alpha value is -3.32. The van der Waals surface area contributed by atoms with Gasteiger partial charge in [-0.3, -0.25) is 0 Å². The van der Waals surface area contributed by atoms with Gasteiger partial charge in [-0.1, -0.05) is 12.1 Å². The summed E-state index contributed by atoms with van der Waals surface area (Å²) in [5.74, 6) is 5.40. The number of anilines is 1. The lowest BCUT2D eigenvalue weighted by Gasteiger charge is -2.05. The minimum atomic E-state index is -0.321. The van der Waals surface area contributed by atoms with Crippen molar-refractivity contribution in [2.45, 2.75) is 0 Å². The van der Waals surface area contributed by atoms with Crippen molar-refractivity contribution in [3.63, 3.8) is 0 Å². The van der Waals surface area contributed by atoms with Gasteiger partial charge >= 0.3 is 0 Å². The van der Waals surface area contributed by atoms with E-state index in [4.69, 9.17) is 5.84 Å². The van der Waals surface area contributed by atoms with Crippen LogP contribution in [-0.4, -0.2) is 14.5 Å². The highest BCUT2D eigenvalue weighted by Crippen LogP contribution is 2.35. The molecule has 0 amide bonds. The molecule has 2 aromatic carbocycles. The summed E-state index contributed by atoms with van der Waals surface area (Å²) < 4.78 is 28.3. The zero-order valence-electron chi connectivity index (χ0n) is 12.9. The number of benzene rings is 2. The fraction of sp³-hybridized carbons (Fsp3) is 0. The lowest BCUT2D eigenvalue weighted by molar-refractivity contribution is 0.627. The number of hydrazine groups is 1. The number of nitrogens with two attached hydrogens (primary N) is 1. The Kier molecular flexibility index (Phi) is 3.62. The van der Waals surface area contributed by atoms with E-state index in [1.807, 2.05) is 10.8 Å². The second-order valence-electron chi connectivity index (χ2n) is 5.46. The van der Waals surface area contributed by atoms with Crippen LogP contribution in [0.25, 0.3) is 27.8 Å². The van der Waals surface area contributed by atoms with Crippen LogP contribution in [-0.2, 0) is 0 Å². The van der Waals surface area contributed by atoms with E-state index < -0.39 is 0 Å². The van der Waals surface area contributed by atoms with E-state index in [2.05, 4.69) is 15.4 Å². The maximum absolute atomic E-state index is 13.3. The van der Waals surface area contributed by atoms with Crippen molar-refractivity contribution in [3.05, 3.63) is 72.7 Å². The molecule has 4 rings (SSSR count). The van der Waals surface area contributed by atoms with Crippen LogP contribution in [0.4, 0.5) is 14.6 Å². The Morgan fingerprint density at radius 1 is 0.880 bits per heavy atom. The molecule has 0 aliphatic heterocycles. The van der Waals surface area contributed by atoms with Crippen LogP contribution in [0, 0.1) is 11.6 Å². The molecule has 0 radical (unpaired) electrons. The average molecular weight is 337 g/mol. The van der Waals surface area contributed by atoms with Gasteiger partial charge in [-0.05, 0) is 42.0 Å². The van der Waals surface area contributed by atoms with Gasteiger partial charge in [0.1, 0.15) is 18.0 Å². The van der Waals surface area contributed by atoms with E-state index in [0.29, 0.717) is 16.9 Å². The van der Waals surface area contributed by atoms with Crippen molar-refractivity contribution in [2.75, 3.05) is 5.43 Å². The highest BCUT2D eigenvalue weighted by atomic mass is 19.1. The number of aromatic nitrogens is 3. The molecule has 0 unspecified atom stereocenters. The van der Waals surface area contributed by atoms with E-state index >= 15 is 0 Å². The molecule has 7 heteroatoms. The Balaban J connectivity index is 2.02. The summed E-state index contributed by atoms with van der Waals surface area (Å²) >= 11 is 0. The number of hydrogen-bond donors (Lipinski definition) is 2. The van der Waals surface area contributed by atoms with E-state index in [1.54, 1.807) is 24.3 Å². The second kappa shape index (κ2) is 5.95. The normalized spacial score (nSPS) is 11.0. The molecule has 0 fully saturated rings. The summed E-state index contributed by atoms with van der Waals surface area (Å²) in [6, 6.07) is 12.2. The fourth-order valence-corrected chi connectivity index (χ4v) is 2.82. The van der Waals surface area contributed by atoms with Gasteiger partial charge in [-0.25, -0.2) is 24.6 Å². The summed E-state index contributed by atoms with van der Waals surface area (Å²) in [4.78, 5) is 8.50. The topological polar surface area (TPSA) is 68.8 Å². The SMILES string of the molecule is NNc1ncnc2c1c(-c1ccc(F)cc1)cn2-c1ccc(F)cc1. The Morgan fingerprint density at radius 2 is 1.52 bits per heavy atom.